The lowest BCUT2D eigenvalue weighted by Gasteiger charge is -2.09. The van der Waals surface area contributed by atoms with Crippen molar-refractivity contribution in [3.63, 3.8) is 0 Å². The van der Waals surface area contributed by atoms with Crippen LogP contribution in [0.5, 0.6) is 0 Å². The molecule has 1 rings (SSSR count). The first-order chi connectivity index (χ1) is 6.64. The summed E-state index contributed by atoms with van der Waals surface area (Å²) in [5, 5.41) is 3.32. The van der Waals surface area contributed by atoms with Crippen molar-refractivity contribution >= 4 is 9.84 Å². The molecule has 84 valence electrons. The van der Waals surface area contributed by atoms with Gasteiger partial charge in [-0.1, -0.05) is 26.2 Å². The minimum atomic E-state index is -2.71. The normalized spacial score (nSPS) is 25.4. The molecule has 0 saturated carbocycles. The van der Waals surface area contributed by atoms with Gasteiger partial charge in [-0.25, -0.2) is 8.42 Å². The summed E-state index contributed by atoms with van der Waals surface area (Å²) < 4.78 is 22.3. The van der Waals surface area contributed by atoms with Crippen molar-refractivity contribution in [1.82, 2.24) is 5.32 Å². The lowest BCUT2D eigenvalue weighted by atomic mass is 10.2. The van der Waals surface area contributed by atoms with Crippen LogP contribution in [0, 0.1) is 0 Å². The summed E-state index contributed by atoms with van der Waals surface area (Å²) in [7, 11) is -2.71. The third-order valence-electron chi connectivity index (χ3n) is 2.70. The van der Waals surface area contributed by atoms with Gasteiger partial charge in [0.2, 0.25) is 0 Å². The molecule has 1 aliphatic rings. The van der Waals surface area contributed by atoms with E-state index in [1.807, 2.05) is 0 Å². The van der Waals surface area contributed by atoms with Crippen molar-refractivity contribution in [2.24, 2.45) is 0 Å². The Morgan fingerprint density at radius 3 is 2.64 bits per heavy atom. The third-order valence-corrected chi connectivity index (χ3v) is 4.46. The van der Waals surface area contributed by atoms with Gasteiger partial charge in [0.25, 0.3) is 0 Å². The molecule has 4 heteroatoms. The number of hydrogen-bond acceptors (Lipinski definition) is 3. The molecule has 1 saturated heterocycles. The topological polar surface area (TPSA) is 46.2 Å². The minimum Gasteiger partial charge on any atom is -0.313 e. The Bertz CT molecular complexity index is 249. The van der Waals surface area contributed by atoms with Gasteiger partial charge in [-0.3, -0.25) is 0 Å². The number of nitrogens with one attached hydrogen (secondary N) is 1. The highest BCUT2D eigenvalue weighted by molar-refractivity contribution is 7.91. The minimum absolute atomic E-state index is 0.224. The van der Waals surface area contributed by atoms with E-state index in [1.54, 1.807) is 0 Å². The van der Waals surface area contributed by atoms with Gasteiger partial charge in [0.05, 0.1) is 11.5 Å². The highest BCUT2D eigenvalue weighted by Gasteiger charge is 2.26. The molecule has 1 N–H and O–H groups in total. The molecule has 0 aromatic carbocycles. The van der Waals surface area contributed by atoms with Crippen LogP contribution in [-0.2, 0) is 9.84 Å². The van der Waals surface area contributed by atoms with Gasteiger partial charge in [0.1, 0.15) is 0 Å². The van der Waals surface area contributed by atoms with Crippen LogP contribution in [0.25, 0.3) is 0 Å². The Morgan fingerprint density at radius 2 is 2.07 bits per heavy atom. The largest absolute Gasteiger partial charge is 0.313 e. The van der Waals surface area contributed by atoms with Gasteiger partial charge in [0, 0.05) is 6.04 Å². The molecule has 0 radical (unpaired) electrons. The molecule has 1 unspecified atom stereocenters. The maximum Gasteiger partial charge on any atom is 0.151 e. The predicted octanol–water partition coefficient (Wildman–Crippen LogP) is 1.34. The van der Waals surface area contributed by atoms with Gasteiger partial charge in [-0.2, -0.15) is 0 Å². The van der Waals surface area contributed by atoms with Crippen molar-refractivity contribution in [3.8, 4) is 0 Å². The zero-order valence-corrected chi connectivity index (χ0v) is 9.78. The number of rotatable bonds is 6. The number of hydrogen-bond donors (Lipinski definition) is 1. The molecule has 1 atom stereocenters. The molecular weight excluding hydrogens is 198 g/mol. The van der Waals surface area contributed by atoms with Crippen molar-refractivity contribution in [3.05, 3.63) is 0 Å². The fraction of sp³-hybridized carbons (Fsp3) is 1.00. The Balaban J connectivity index is 2.03. The van der Waals surface area contributed by atoms with E-state index in [4.69, 9.17) is 0 Å². The maximum atomic E-state index is 11.1. The van der Waals surface area contributed by atoms with E-state index in [9.17, 15) is 8.42 Å². The first kappa shape index (κ1) is 12.0. The number of sulfone groups is 1. The van der Waals surface area contributed by atoms with Crippen LogP contribution in [0.15, 0.2) is 0 Å². The van der Waals surface area contributed by atoms with Gasteiger partial charge in [-0.15, -0.1) is 0 Å². The second-order valence-electron chi connectivity index (χ2n) is 4.11. The second kappa shape index (κ2) is 5.71. The highest BCUT2D eigenvalue weighted by Crippen LogP contribution is 2.11. The molecule has 0 aromatic rings. The van der Waals surface area contributed by atoms with E-state index >= 15 is 0 Å². The molecule has 1 aliphatic heterocycles. The van der Waals surface area contributed by atoms with Gasteiger partial charge >= 0.3 is 0 Å². The van der Waals surface area contributed by atoms with Gasteiger partial charge in [0.15, 0.2) is 9.84 Å². The van der Waals surface area contributed by atoms with Crippen LogP contribution in [0.1, 0.15) is 39.0 Å². The zero-order chi connectivity index (χ0) is 10.4. The molecule has 14 heavy (non-hydrogen) atoms. The van der Waals surface area contributed by atoms with Gasteiger partial charge in [-0.05, 0) is 19.4 Å². The van der Waals surface area contributed by atoms with Crippen LogP contribution in [0.3, 0.4) is 0 Å². The van der Waals surface area contributed by atoms with E-state index in [2.05, 4.69) is 12.2 Å². The lowest BCUT2D eigenvalue weighted by Crippen LogP contribution is -2.30. The first-order valence-corrected chi connectivity index (χ1v) is 7.40. The summed E-state index contributed by atoms with van der Waals surface area (Å²) in [5.74, 6) is 0.723. The summed E-state index contributed by atoms with van der Waals surface area (Å²) in [6, 6.07) is 0.224. The van der Waals surface area contributed by atoms with Crippen LogP contribution >= 0.6 is 0 Å². The lowest BCUT2D eigenvalue weighted by molar-refractivity contribution is 0.525. The highest BCUT2D eigenvalue weighted by atomic mass is 32.2. The molecule has 0 aliphatic carbocycles. The summed E-state index contributed by atoms with van der Waals surface area (Å²) in [6.45, 7) is 3.16. The van der Waals surface area contributed by atoms with E-state index < -0.39 is 9.84 Å². The van der Waals surface area contributed by atoms with Crippen molar-refractivity contribution in [1.29, 1.82) is 0 Å². The fourth-order valence-electron chi connectivity index (χ4n) is 1.81. The third kappa shape index (κ3) is 4.42. The molecule has 1 fully saturated rings. The zero-order valence-electron chi connectivity index (χ0n) is 8.96. The monoisotopic (exact) mass is 219 g/mol. The molecule has 0 spiro atoms. The van der Waals surface area contributed by atoms with E-state index in [-0.39, 0.29) is 6.04 Å². The average Bonchev–Trinajstić information content (AvgIpc) is 2.45. The molecule has 0 bridgehead atoms. The van der Waals surface area contributed by atoms with E-state index in [0.717, 1.165) is 13.0 Å². The van der Waals surface area contributed by atoms with Crippen molar-refractivity contribution in [2.75, 3.05) is 18.1 Å². The fourth-order valence-corrected chi connectivity index (χ4v) is 3.52. The SMILES string of the molecule is CCCCCCNC1CCS(=O)(=O)C1. The molecule has 3 nitrogen and oxygen atoms in total. The summed E-state index contributed by atoms with van der Waals surface area (Å²) in [4.78, 5) is 0. The summed E-state index contributed by atoms with van der Waals surface area (Å²) in [5.41, 5.74) is 0. The molecular formula is C10H21NO2S. The van der Waals surface area contributed by atoms with Crippen LogP contribution in [0.4, 0.5) is 0 Å². The number of unbranched alkanes of at least 4 members (excludes halogenated alkanes) is 3. The van der Waals surface area contributed by atoms with E-state index in [0.29, 0.717) is 11.5 Å². The second-order valence-corrected chi connectivity index (χ2v) is 6.34. The Labute approximate surface area is 87.2 Å². The van der Waals surface area contributed by atoms with Crippen molar-refractivity contribution < 1.29 is 8.42 Å². The predicted molar refractivity (Wildman–Crippen MR) is 59.2 cm³/mol. The Kier molecular flexibility index (Phi) is 4.89. The Morgan fingerprint density at radius 1 is 1.29 bits per heavy atom. The summed E-state index contributed by atoms with van der Waals surface area (Å²) >= 11 is 0. The summed E-state index contributed by atoms with van der Waals surface area (Å²) in [6.07, 6.45) is 5.76. The first-order valence-electron chi connectivity index (χ1n) is 5.58. The van der Waals surface area contributed by atoms with Crippen molar-refractivity contribution in [2.45, 2.75) is 45.1 Å². The quantitative estimate of drug-likeness (QED) is 0.686. The molecule has 0 aromatic heterocycles. The van der Waals surface area contributed by atoms with E-state index in [1.165, 1.54) is 25.7 Å². The maximum absolute atomic E-state index is 11.1. The average molecular weight is 219 g/mol. The Hall–Kier alpha value is -0.0900. The standard InChI is InChI=1S/C10H21NO2S/c1-2-3-4-5-7-11-10-6-8-14(12,13)9-10/h10-11H,2-9H2,1H3. The molecule has 1 heterocycles. The van der Waals surface area contributed by atoms with Crippen LogP contribution in [0.2, 0.25) is 0 Å². The van der Waals surface area contributed by atoms with Crippen LogP contribution in [-0.4, -0.2) is 32.5 Å². The molecule has 0 amide bonds. The van der Waals surface area contributed by atoms with Crippen LogP contribution < -0.4 is 5.32 Å². The smallest absolute Gasteiger partial charge is 0.151 e. The van der Waals surface area contributed by atoms with Gasteiger partial charge < -0.3 is 5.32 Å².